The molecule has 2 unspecified atom stereocenters. The summed E-state index contributed by atoms with van der Waals surface area (Å²) in [5, 5.41) is 3.52. The molecule has 0 bridgehead atoms. The third-order valence-electron chi connectivity index (χ3n) is 4.07. The van der Waals surface area contributed by atoms with Crippen molar-refractivity contribution >= 4 is 0 Å². The molecule has 1 aromatic heterocycles. The summed E-state index contributed by atoms with van der Waals surface area (Å²) in [6.07, 6.45) is 5.79. The number of nitrogens with one attached hydrogen (secondary N) is 1. The van der Waals surface area contributed by atoms with E-state index < -0.39 is 0 Å². The number of pyridine rings is 1. The number of piperidine rings is 1. The molecule has 0 amide bonds. The van der Waals surface area contributed by atoms with Crippen molar-refractivity contribution in [2.45, 2.75) is 39.2 Å². The maximum absolute atomic E-state index is 4.52. The van der Waals surface area contributed by atoms with Crippen molar-refractivity contribution in [2.24, 2.45) is 5.92 Å². The fourth-order valence-electron chi connectivity index (χ4n) is 2.95. The molecule has 1 aromatic rings. The van der Waals surface area contributed by atoms with Crippen molar-refractivity contribution in [2.75, 3.05) is 26.2 Å². The van der Waals surface area contributed by atoms with Crippen molar-refractivity contribution < 1.29 is 0 Å². The second-order valence-electron chi connectivity index (χ2n) is 5.64. The van der Waals surface area contributed by atoms with Gasteiger partial charge in [-0.15, -0.1) is 0 Å². The van der Waals surface area contributed by atoms with Crippen LogP contribution in [0.3, 0.4) is 0 Å². The molecule has 3 nitrogen and oxygen atoms in total. The molecular weight excluding hydrogens is 234 g/mol. The van der Waals surface area contributed by atoms with Gasteiger partial charge in [0.1, 0.15) is 0 Å². The third-order valence-corrected chi connectivity index (χ3v) is 4.07. The van der Waals surface area contributed by atoms with Crippen molar-refractivity contribution in [1.29, 1.82) is 0 Å². The predicted molar refractivity (Wildman–Crippen MR) is 80.1 cm³/mol. The lowest BCUT2D eigenvalue weighted by molar-refractivity contribution is 0.160. The Balaban J connectivity index is 1.97. The highest BCUT2D eigenvalue weighted by atomic mass is 15.2. The topological polar surface area (TPSA) is 28.2 Å². The van der Waals surface area contributed by atoms with Crippen LogP contribution in [0.4, 0.5) is 0 Å². The van der Waals surface area contributed by atoms with Crippen LogP contribution in [0.5, 0.6) is 0 Å². The molecule has 2 heterocycles. The Hall–Kier alpha value is -0.930. The Kier molecular flexibility index (Phi) is 5.80. The molecule has 1 aliphatic heterocycles. The lowest BCUT2D eigenvalue weighted by Crippen LogP contribution is -2.39. The number of rotatable bonds is 6. The minimum atomic E-state index is 0.420. The highest BCUT2D eigenvalue weighted by Gasteiger charge is 2.21. The Bertz CT molecular complexity index is 346. The fraction of sp³-hybridized carbons (Fsp3) is 0.688. The summed E-state index contributed by atoms with van der Waals surface area (Å²) in [6.45, 7) is 9.27. The summed E-state index contributed by atoms with van der Waals surface area (Å²) < 4.78 is 0. The summed E-state index contributed by atoms with van der Waals surface area (Å²) in [6, 6.07) is 6.64. The zero-order valence-electron chi connectivity index (χ0n) is 12.3. The Morgan fingerprint density at radius 3 is 3.00 bits per heavy atom. The molecule has 1 N–H and O–H groups in total. The van der Waals surface area contributed by atoms with Gasteiger partial charge in [-0.1, -0.05) is 13.0 Å². The maximum Gasteiger partial charge on any atom is 0.0572 e. The van der Waals surface area contributed by atoms with Crippen LogP contribution in [-0.4, -0.2) is 36.1 Å². The fourth-order valence-corrected chi connectivity index (χ4v) is 2.95. The summed E-state index contributed by atoms with van der Waals surface area (Å²) in [7, 11) is 0. The first-order chi connectivity index (χ1) is 9.31. The molecule has 0 aliphatic carbocycles. The van der Waals surface area contributed by atoms with Gasteiger partial charge < -0.3 is 5.32 Å². The van der Waals surface area contributed by atoms with E-state index >= 15 is 0 Å². The minimum Gasteiger partial charge on any atom is -0.316 e. The molecule has 0 saturated carbocycles. The molecule has 1 fully saturated rings. The lowest BCUT2D eigenvalue weighted by Gasteiger charge is -2.33. The number of aromatic nitrogens is 1. The second kappa shape index (κ2) is 7.61. The second-order valence-corrected chi connectivity index (χ2v) is 5.64. The first-order valence-electron chi connectivity index (χ1n) is 7.67. The monoisotopic (exact) mass is 261 g/mol. The summed E-state index contributed by atoms with van der Waals surface area (Å²) >= 11 is 0. The zero-order valence-corrected chi connectivity index (χ0v) is 12.3. The van der Waals surface area contributed by atoms with Gasteiger partial charge in [0, 0.05) is 18.8 Å². The van der Waals surface area contributed by atoms with E-state index in [1.54, 1.807) is 0 Å². The van der Waals surface area contributed by atoms with Gasteiger partial charge in [-0.25, -0.2) is 0 Å². The normalized spacial score (nSPS) is 21.5. The molecule has 2 atom stereocenters. The van der Waals surface area contributed by atoms with Gasteiger partial charge in [0.2, 0.25) is 0 Å². The number of hydrogen-bond acceptors (Lipinski definition) is 3. The van der Waals surface area contributed by atoms with Crippen molar-refractivity contribution in [3.8, 4) is 0 Å². The van der Waals surface area contributed by atoms with E-state index in [9.17, 15) is 0 Å². The van der Waals surface area contributed by atoms with Gasteiger partial charge >= 0.3 is 0 Å². The first kappa shape index (κ1) is 14.5. The van der Waals surface area contributed by atoms with Crippen LogP contribution in [0.15, 0.2) is 24.4 Å². The molecule has 19 heavy (non-hydrogen) atoms. The van der Waals surface area contributed by atoms with Crippen molar-refractivity contribution in [1.82, 2.24) is 15.2 Å². The van der Waals surface area contributed by atoms with Crippen LogP contribution >= 0.6 is 0 Å². The molecule has 106 valence electrons. The molecule has 1 saturated heterocycles. The Morgan fingerprint density at radius 2 is 2.37 bits per heavy atom. The summed E-state index contributed by atoms with van der Waals surface area (Å²) in [4.78, 5) is 7.11. The van der Waals surface area contributed by atoms with Gasteiger partial charge in [0.15, 0.2) is 0 Å². The van der Waals surface area contributed by atoms with E-state index in [0.29, 0.717) is 6.04 Å². The molecular formula is C16H27N3. The average Bonchev–Trinajstić information content (AvgIpc) is 2.48. The Labute approximate surface area is 117 Å². The van der Waals surface area contributed by atoms with Crippen LogP contribution < -0.4 is 5.32 Å². The molecule has 3 heteroatoms. The van der Waals surface area contributed by atoms with Crippen LogP contribution in [0.25, 0.3) is 0 Å². The van der Waals surface area contributed by atoms with E-state index in [1.165, 1.54) is 44.6 Å². The smallest absolute Gasteiger partial charge is 0.0572 e. The van der Waals surface area contributed by atoms with E-state index in [4.69, 9.17) is 0 Å². The van der Waals surface area contributed by atoms with Crippen LogP contribution in [0, 0.1) is 5.92 Å². The van der Waals surface area contributed by atoms with Crippen LogP contribution in [0.2, 0.25) is 0 Å². The molecule has 0 radical (unpaired) electrons. The van der Waals surface area contributed by atoms with E-state index in [1.807, 2.05) is 12.3 Å². The highest BCUT2D eigenvalue weighted by molar-refractivity contribution is 5.08. The highest BCUT2D eigenvalue weighted by Crippen LogP contribution is 2.21. The average molecular weight is 261 g/mol. The lowest BCUT2D eigenvalue weighted by atomic mass is 9.98. The Morgan fingerprint density at radius 1 is 1.47 bits per heavy atom. The van der Waals surface area contributed by atoms with Crippen molar-refractivity contribution in [3.63, 3.8) is 0 Å². The van der Waals surface area contributed by atoms with Crippen LogP contribution in [0.1, 0.15) is 44.8 Å². The van der Waals surface area contributed by atoms with Gasteiger partial charge in [-0.05, 0) is 63.9 Å². The molecule has 0 aromatic carbocycles. The van der Waals surface area contributed by atoms with Gasteiger partial charge in [-0.3, -0.25) is 9.88 Å². The van der Waals surface area contributed by atoms with E-state index in [0.717, 1.165) is 12.5 Å². The largest absolute Gasteiger partial charge is 0.316 e. The molecule has 1 aliphatic rings. The van der Waals surface area contributed by atoms with Gasteiger partial charge in [0.05, 0.1) is 5.69 Å². The summed E-state index contributed by atoms with van der Waals surface area (Å²) in [5.74, 6) is 0.798. The first-order valence-corrected chi connectivity index (χ1v) is 7.67. The predicted octanol–water partition coefficient (Wildman–Crippen LogP) is 2.85. The number of nitrogens with zero attached hydrogens (tertiary/aromatic N) is 2. The molecule has 2 rings (SSSR count). The zero-order chi connectivity index (χ0) is 13.5. The standard InChI is InChI=1S/C16H27N3/c1-3-11-19(13-15-7-6-9-17-12-15)14(2)16-8-4-5-10-18-16/h4-5,8,10,14-15,17H,3,6-7,9,11-13H2,1-2H3. The SMILES string of the molecule is CCCN(CC1CCCNC1)C(C)c1ccccn1. The molecule has 0 spiro atoms. The minimum absolute atomic E-state index is 0.420. The van der Waals surface area contributed by atoms with E-state index in [-0.39, 0.29) is 0 Å². The third kappa shape index (κ3) is 4.29. The quantitative estimate of drug-likeness (QED) is 0.853. The number of hydrogen-bond donors (Lipinski definition) is 1. The van der Waals surface area contributed by atoms with E-state index in [2.05, 4.69) is 41.2 Å². The summed E-state index contributed by atoms with van der Waals surface area (Å²) in [5.41, 5.74) is 1.19. The van der Waals surface area contributed by atoms with Crippen molar-refractivity contribution in [3.05, 3.63) is 30.1 Å². The maximum atomic E-state index is 4.52. The van der Waals surface area contributed by atoms with Gasteiger partial charge in [0.25, 0.3) is 0 Å². The van der Waals surface area contributed by atoms with Crippen LogP contribution in [-0.2, 0) is 0 Å². The van der Waals surface area contributed by atoms with Gasteiger partial charge in [-0.2, -0.15) is 0 Å².